The van der Waals surface area contributed by atoms with Crippen LogP contribution in [-0.4, -0.2) is 54.5 Å². The fraction of sp³-hybridized carbons (Fsp3) is 0.333. The van der Waals surface area contributed by atoms with Crippen LogP contribution >= 0.6 is 23.2 Å². The van der Waals surface area contributed by atoms with Crippen molar-refractivity contribution in [3.8, 4) is 11.5 Å². The molecule has 0 bridgehead atoms. The molecule has 226 valence electrons. The summed E-state index contributed by atoms with van der Waals surface area (Å²) in [6.45, 7) is 2.50. The molecule has 0 spiro atoms. The molecule has 0 saturated heterocycles. The summed E-state index contributed by atoms with van der Waals surface area (Å²) in [6.07, 6.45) is -4.91. The molecule has 0 aliphatic heterocycles. The van der Waals surface area contributed by atoms with Gasteiger partial charge >= 0.3 is 18.2 Å². The number of hydrogen-bond acceptors (Lipinski definition) is 5. The molecule has 0 fully saturated rings. The van der Waals surface area contributed by atoms with E-state index in [4.69, 9.17) is 37.4 Å². The molecule has 7 nitrogen and oxygen atoms in total. The van der Waals surface area contributed by atoms with Crippen molar-refractivity contribution < 1.29 is 42.1 Å². The number of nitrogens with zero attached hydrogens (tertiary/aromatic N) is 1. The Morgan fingerprint density at radius 3 is 2.10 bits per heavy atom. The lowest BCUT2D eigenvalue weighted by Crippen LogP contribution is -2.37. The third-order valence-corrected chi connectivity index (χ3v) is 6.51. The van der Waals surface area contributed by atoms with Crippen molar-refractivity contribution in [1.82, 2.24) is 4.90 Å². The van der Waals surface area contributed by atoms with E-state index >= 15 is 0 Å². The van der Waals surface area contributed by atoms with E-state index in [1.807, 2.05) is 0 Å². The zero-order valence-electron chi connectivity index (χ0n) is 22.7. The van der Waals surface area contributed by atoms with Gasteiger partial charge in [-0.2, -0.15) is 13.2 Å². The van der Waals surface area contributed by atoms with Crippen molar-refractivity contribution in [1.29, 1.82) is 0 Å². The Morgan fingerprint density at radius 1 is 0.905 bits per heavy atom. The van der Waals surface area contributed by atoms with Crippen molar-refractivity contribution in [3.63, 3.8) is 0 Å². The van der Waals surface area contributed by atoms with Crippen LogP contribution in [0.15, 0.2) is 66.7 Å². The summed E-state index contributed by atoms with van der Waals surface area (Å²) in [4.78, 5) is 25.7. The van der Waals surface area contributed by atoms with Gasteiger partial charge in [0.25, 0.3) is 0 Å². The van der Waals surface area contributed by atoms with Gasteiger partial charge < -0.3 is 24.2 Å². The lowest BCUT2D eigenvalue weighted by Gasteiger charge is -2.22. The SMILES string of the molecule is CCOC(Cc1ccc(OCCN(CCCc2cc(Cl)cc(Cl)c2)C(=O)Oc2ccc(C(F)(F)F)cc2)cc1)C(=O)O. The predicted molar refractivity (Wildman–Crippen MR) is 153 cm³/mol. The standard InChI is InChI=1S/C30H30Cl2F3NO6/c1-2-40-27(28(37)38)18-20-5-9-25(10-6-20)41-15-14-36(13-3-4-21-16-23(31)19-24(32)17-21)29(39)42-26-11-7-22(8-12-26)30(33,34)35/h5-12,16-17,19,27H,2-4,13-15,18H2,1H3,(H,37,38). The molecule has 0 aromatic heterocycles. The number of carboxylic acid groups (broad SMARTS) is 1. The molecule has 0 aliphatic rings. The molecule has 0 aliphatic carbocycles. The van der Waals surface area contributed by atoms with Gasteiger partial charge in [-0.05, 0) is 85.5 Å². The van der Waals surface area contributed by atoms with Gasteiger partial charge in [0, 0.05) is 29.6 Å². The van der Waals surface area contributed by atoms with Gasteiger partial charge in [0.05, 0.1) is 12.1 Å². The lowest BCUT2D eigenvalue weighted by atomic mass is 10.1. The Hall–Kier alpha value is -3.47. The van der Waals surface area contributed by atoms with Gasteiger partial charge in [0.1, 0.15) is 18.1 Å². The Kier molecular flexibility index (Phi) is 12.3. The van der Waals surface area contributed by atoms with Gasteiger partial charge in [-0.15, -0.1) is 0 Å². The van der Waals surface area contributed by atoms with E-state index in [-0.39, 0.29) is 38.5 Å². The Bertz CT molecular complexity index is 1300. The Morgan fingerprint density at radius 2 is 1.52 bits per heavy atom. The second kappa shape index (κ2) is 15.7. The number of carboxylic acids is 1. The number of amides is 1. The summed E-state index contributed by atoms with van der Waals surface area (Å²) >= 11 is 12.1. The molecule has 1 unspecified atom stereocenters. The Balaban J connectivity index is 1.61. The van der Waals surface area contributed by atoms with Crippen LogP contribution in [0.3, 0.4) is 0 Å². The van der Waals surface area contributed by atoms with Gasteiger partial charge in [0.2, 0.25) is 0 Å². The van der Waals surface area contributed by atoms with E-state index in [2.05, 4.69) is 0 Å². The smallest absolute Gasteiger partial charge is 0.416 e. The molecule has 0 saturated carbocycles. The van der Waals surface area contributed by atoms with E-state index in [0.29, 0.717) is 28.6 Å². The summed E-state index contributed by atoms with van der Waals surface area (Å²) in [5, 5.41) is 10.3. The molecule has 12 heteroatoms. The number of ether oxygens (including phenoxy) is 3. The largest absolute Gasteiger partial charge is 0.492 e. The highest BCUT2D eigenvalue weighted by Crippen LogP contribution is 2.30. The fourth-order valence-electron chi connectivity index (χ4n) is 4.03. The second-order valence-corrected chi connectivity index (χ2v) is 10.1. The first-order chi connectivity index (χ1) is 19.9. The molecular weight excluding hydrogens is 598 g/mol. The molecule has 0 heterocycles. The van der Waals surface area contributed by atoms with Gasteiger partial charge in [0.15, 0.2) is 6.10 Å². The zero-order valence-corrected chi connectivity index (χ0v) is 24.2. The lowest BCUT2D eigenvalue weighted by molar-refractivity contribution is -0.150. The molecule has 3 aromatic carbocycles. The van der Waals surface area contributed by atoms with Crippen molar-refractivity contribution in [2.24, 2.45) is 0 Å². The number of alkyl halides is 3. The van der Waals surface area contributed by atoms with Gasteiger partial charge in [-0.1, -0.05) is 35.3 Å². The van der Waals surface area contributed by atoms with Crippen molar-refractivity contribution in [2.45, 2.75) is 38.5 Å². The van der Waals surface area contributed by atoms with Gasteiger partial charge in [-0.25, -0.2) is 9.59 Å². The highest BCUT2D eigenvalue weighted by molar-refractivity contribution is 6.34. The first-order valence-corrected chi connectivity index (χ1v) is 13.9. The number of aliphatic carboxylic acids is 1. The summed E-state index contributed by atoms with van der Waals surface area (Å²) in [6, 6.07) is 15.9. The zero-order chi connectivity index (χ0) is 30.7. The molecule has 1 N–H and O–H groups in total. The van der Waals surface area contributed by atoms with Crippen LogP contribution in [0.25, 0.3) is 0 Å². The maximum atomic E-state index is 13.0. The Labute approximate surface area is 251 Å². The summed E-state index contributed by atoms with van der Waals surface area (Å²) in [5.74, 6) is -0.562. The maximum Gasteiger partial charge on any atom is 0.416 e. The number of carbonyl (C=O) groups excluding carboxylic acids is 1. The van der Waals surface area contributed by atoms with Crippen LogP contribution in [0.1, 0.15) is 30.0 Å². The quantitative estimate of drug-likeness (QED) is 0.198. The normalized spacial score (nSPS) is 12.0. The fourth-order valence-corrected chi connectivity index (χ4v) is 4.60. The maximum absolute atomic E-state index is 13.0. The van der Waals surface area contributed by atoms with E-state index < -0.39 is 29.9 Å². The van der Waals surface area contributed by atoms with E-state index in [1.165, 1.54) is 4.90 Å². The molecular formula is C30H30Cl2F3NO6. The van der Waals surface area contributed by atoms with E-state index in [1.54, 1.807) is 49.4 Å². The van der Waals surface area contributed by atoms with Crippen LogP contribution < -0.4 is 9.47 Å². The van der Waals surface area contributed by atoms with E-state index in [0.717, 1.165) is 35.4 Å². The number of carbonyl (C=O) groups is 2. The topological polar surface area (TPSA) is 85.3 Å². The highest BCUT2D eigenvalue weighted by atomic mass is 35.5. The first kappa shape index (κ1) is 33.0. The van der Waals surface area contributed by atoms with Crippen LogP contribution in [0.2, 0.25) is 10.0 Å². The molecule has 1 atom stereocenters. The average Bonchev–Trinajstić information content (AvgIpc) is 2.92. The monoisotopic (exact) mass is 627 g/mol. The molecule has 0 radical (unpaired) electrons. The molecule has 3 rings (SSSR count). The number of rotatable bonds is 14. The number of aryl methyl sites for hydroxylation is 1. The summed E-state index contributed by atoms with van der Waals surface area (Å²) in [7, 11) is 0. The number of benzene rings is 3. The third-order valence-electron chi connectivity index (χ3n) is 6.08. The highest BCUT2D eigenvalue weighted by Gasteiger charge is 2.30. The molecule has 3 aromatic rings. The van der Waals surface area contributed by atoms with Crippen molar-refractivity contribution >= 4 is 35.3 Å². The average molecular weight is 628 g/mol. The van der Waals surface area contributed by atoms with Crippen molar-refractivity contribution in [2.75, 3.05) is 26.3 Å². The van der Waals surface area contributed by atoms with Crippen molar-refractivity contribution in [3.05, 3.63) is 93.5 Å². The van der Waals surface area contributed by atoms with Crippen LogP contribution in [0.4, 0.5) is 18.0 Å². The van der Waals surface area contributed by atoms with Crippen LogP contribution in [0, 0.1) is 0 Å². The second-order valence-electron chi connectivity index (χ2n) is 9.24. The third kappa shape index (κ3) is 10.7. The van der Waals surface area contributed by atoms with E-state index in [9.17, 15) is 27.9 Å². The minimum absolute atomic E-state index is 0.0251. The minimum atomic E-state index is -4.51. The first-order valence-electron chi connectivity index (χ1n) is 13.1. The predicted octanol–water partition coefficient (Wildman–Crippen LogP) is 7.56. The molecule has 42 heavy (non-hydrogen) atoms. The summed E-state index contributed by atoms with van der Waals surface area (Å²) in [5.41, 5.74) is 0.788. The minimum Gasteiger partial charge on any atom is -0.492 e. The van der Waals surface area contributed by atoms with Crippen LogP contribution in [-0.2, 0) is 28.5 Å². The number of hydrogen-bond donors (Lipinski definition) is 1. The van der Waals surface area contributed by atoms with Crippen LogP contribution in [0.5, 0.6) is 11.5 Å². The van der Waals surface area contributed by atoms with Gasteiger partial charge in [-0.3, -0.25) is 0 Å². The molecule has 1 amide bonds. The number of halogens is 5. The summed E-state index contributed by atoms with van der Waals surface area (Å²) < 4.78 is 55.0.